The average molecular weight is 230 g/mol. The summed E-state index contributed by atoms with van der Waals surface area (Å²) in [6.07, 6.45) is 3.73. The molecule has 90 valence electrons. The van der Waals surface area contributed by atoms with Crippen LogP contribution in [0.3, 0.4) is 0 Å². The van der Waals surface area contributed by atoms with E-state index in [-0.39, 0.29) is 6.10 Å². The average Bonchev–Trinajstić information content (AvgIpc) is 2.83. The van der Waals surface area contributed by atoms with Gasteiger partial charge in [0.25, 0.3) is 0 Å². The summed E-state index contributed by atoms with van der Waals surface area (Å²) in [5.41, 5.74) is 2.16. The molecule has 0 saturated carbocycles. The summed E-state index contributed by atoms with van der Waals surface area (Å²) in [5, 5.41) is 15.0. The lowest BCUT2D eigenvalue weighted by atomic mass is 9.88. The largest absolute Gasteiger partial charge is 0.388 e. The molecule has 1 atom stereocenters. The van der Waals surface area contributed by atoms with Crippen molar-refractivity contribution in [3.8, 4) is 0 Å². The molecule has 1 aromatic heterocycles. The minimum absolute atomic E-state index is 0.340. The molecule has 17 heavy (non-hydrogen) atoms. The highest BCUT2D eigenvalue weighted by Gasteiger charge is 2.24. The van der Waals surface area contributed by atoms with Crippen molar-refractivity contribution in [1.82, 2.24) is 10.3 Å². The quantitative estimate of drug-likeness (QED) is 0.740. The van der Waals surface area contributed by atoms with Crippen molar-refractivity contribution in [2.24, 2.45) is 5.92 Å². The Balaban J connectivity index is 1.92. The van der Waals surface area contributed by atoms with Crippen LogP contribution in [0.5, 0.6) is 0 Å². The van der Waals surface area contributed by atoms with E-state index in [4.69, 9.17) is 0 Å². The Morgan fingerprint density at radius 3 is 2.76 bits per heavy atom. The number of rotatable bonds is 2. The molecule has 1 saturated heterocycles. The summed E-state index contributed by atoms with van der Waals surface area (Å²) in [7, 11) is 0. The molecule has 1 aliphatic rings. The number of aliphatic hydroxyl groups excluding tert-OH is 1. The van der Waals surface area contributed by atoms with E-state index in [1.165, 1.54) is 0 Å². The second-order valence-electron chi connectivity index (χ2n) is 4.82. The van der Waals surface area contributed by atoms with Gasteiger partial charge in [-0.2, -0.15) is 0 Å². The molecule has 0 bridgehead atoms. The number of hydrogen-bond acceptors (Lipinski definition) is 2. The topological polar surface area (TPSA) is 48.0 Å². The first-order valence-electron chi connectivity index (χ1n) is 6.31. The molecule has 0 spiro atoms. The van der Waals surface area contributed by atoms with Crippen LogP contribution >= 0.6 is 0 Å². The van der Waals surface area contributed by atoms with Gasteiger partial charge in [0.15, 0.2) is 0 Å². The highest BCUT2D eigenvalue weighted by atomic mass is 16.3. The van der Waals surface area contributed by atoms with Crippen molar-refractivity contribution in [2.45, 2.75) is 18.9 Å². The van der Waals surface area contributed by atoms with E-state index in [1.54, 1.807) is 0 Å². The lowest BCUT2D eigenvalue weighted by molar-refractivity contribution is 0.0902. The molecule has 3 heteroatoms. The van der Waals surface area contributed by atoms with Gasteiger partial charge in [-0.3, -0.25) is 0 Å². The second-order valence-corrected chi connectivity index (χ2v) is 4.82. The van der Waals surface area contributed by atoms with Crippen LogP contribution in [0.1, 0.15) is 24.5 Å². The summed E-state index contributed by atoms with van der Waals surface area (Å²) >= 11 is 0. The monoisotopic (exact) mass is 230 g/mol. The molecule has 2 aromatic rings. The minimum Gasteiger partial charge on any atom is -0.388 e. The third-order valence-electron chi connectivity index (χ3n) is 3.77. The number of H-pyrrole nitrogens is 1. The van der Waals surface area contributed by atoms with E-state index in [9.17, 15) is 5.11 Å². The molecule has 3 nitrogen and oxygen atoms in total. The fraction of sp³-hybridized carbons (Fsp3) is 0.429. The molecule has 1 aliphatic heterocycles. The molecule has 3 rings (SSSR count). The van der Waals surface area contributed by atoms with Crippen LogP contribution in [-0.2, 0) is 0 Å². The smallest absolute Gasteiger partial charge is 0.0839 e. The Morgan fingerprint density at radius 1 is 1.18 bits per heavy atom. The van der Waals surface area contributed by atoms with Crippen molar-refractivity contribution in [1.29, 1.82) is 0 Å². The lowest BCUT2D eigenvalue weighted by Gasteiger charge is -2.27. The van der Waals surface area contributed by atoms with E-state index in [0.29, 0.717) is 5.92 Å². The molecule has 3 N–H and O–H groups in total. The molecule has 1 aromatic carbocycles. The molecule has 0 radical (unpaired) electrons. The van der Waals surface area contributed by atoms with Crippen molar-refractivity contribution in [3.63, 3.8) is 0 Å². The summed E-state index contributed by atoms with van der Waals surface area (Å²) < 4.78 is 0. The summed E-state index contributed by atoms with van der Waals surface area (Å²) in [4.78, 5) is 3.23. The van der Waals surface area contributed by atoms with Crippen LogP contribution in [0.15, 0.2) is 30.5 Å². The summed E-state index contributed by atoms with van der Waals surface area (Å²) in [6.45, 7) is 2.04. The number of hydrogen-bond donors (Lipinski definition) is 3. The standard InChI is InChI=1S/C14H18N2O/c17-14(10-5-7-15-8-6-10)12-9-16-13-4-2-1-3-11(12)13/h1-4,9-10,14-17H,5-8H2. The molecular weight excluding hydrogens is 212 g/mol. The van der Waals surface area contributed by atoms with Crippen molar-refractivity contribution in [3.05, 3.63) is 36.0 Å². The Labute approximate surface area is 101 Å². The highest BCUT2D eigenvalue weighted by molar-refractivity contribution is 5.83. The number of aromatic amines is 1. The third kappa shape index (κ3) is 1.96. The molecule has 0 amide bonds. The molecule has 0 aliphatic carbocycles. The fourth-order valence-corrected chi connectivity index (χ4v) is 2.75. The third-order valence-corrected chi connectivity index (χ3v) is 3.77. The Morgan fingerprint density at radius 2 is 1.94 bits per heavy atom. The van der Waals surface area contributed by atoms with Gasteiger partial charge >= 0.3 is 0 Å². The number of fused-ring (bicyclic) bond motifs is 1. The van der Waals surface area contributed by atoms with E-state index < -0.39 is 0 Å². The zero-order chi connectivity index (χ0) is 11.7. The molecule has 1 unspecified atom stereocenters. The maximum Gasteiger partial charge on any atom is 0.0839 e. The van der Waals surface area contributed by atoms with Gasteiger partial charge in [0.05, 0.1) is 6.10 Å². The van der Waals surface area contributed by atoms with Crippen LogP contribution in [0.4, 0.5) is 0 Å². The summed E-state index contributed by atoms with van der Waals surface area (Å²) in [6, 6.07) is 8.16. The van der Waals surface area contributed by atoms with Crippen LogP contribution in [0, 0.1) is 5.92 Å². The van der Waals surface area contributed by atoms with E-state index >= 15 is 0 Å². The highest BCUT2D eigenvalue weighted by Crippen LogP contribution is 2.32. The first-order chi connectivity index (χ1) is 8.36. The normalized spacial score (nSPS) is 19.6. The fourth-order valence-electron chi connectivity index (χ4n) is 2.75. The van der Waals surface area contributed by atoms with E-state index in [1.807, 2.05) is 24.4 Å². The van der Waals surface area contributed by atoms with Crippen LogP contribution in [-0.4, -0.2) is 23.2 Å². The van der Waals surface area contributed by atoms with Gasteiger partial charge in [-0.1, -0.05) is 18.2 Å². The zero-order valence-corrected chi connectivity index (χ0v) is 9.82. The number of benzene rings is 1. The zero-order valence-electron chi connectivity index (χ0n) is 9.82. The molecule has 2 heterocycles. The van der Waals surface area contributed by atoms with Crippen molar-refractivity contribution in [2.75, 3.05) is 13.1 Å². The maximum atomic E-state index is 10.5. The predicted octanol–water partition coefficient (Wildman–Crippen LogP) is 2.20. The van der Waals surface area contributed by atoms with Crippen molar-refractivity contribution < 1.29 is 5.11 Å². The maximum absolute atomic E-state index is 10.5. The first kappa shape index (κ1) is 10.8. The predicted molar refractivity (Wildman–Crippen MR) is 68.9 cm³/mol. The summed E-state index contributed by atoms with van der Waals surface area (Å²) in [5.74, 6) is 0.385. The van der Waals surface area contributed by atoms with Gasteiger partial charge in [-0.25, -0.2) is 0 Å². The van der Waals surface area contributed by atoms with Gasteiger partial charge in [-0.05, 0) is 37.9 Å². The van der Waals surface area contributed by atoms with Gasteiger partial charge in [0.2, 0.25) is 0 Å². The second kappa shape index (κ2) is 4.51. The van der Waals surface area contributed by atoms with Crippen LogP contribution in [0.25, 0.3) is 10.9 Å². The van der Waals surface area contributed by atoms with Crippen LogP contribution < -0.4 is 5.32 Å². The van der Waals surface area contributed by atoms with Crippen molar-refractivity contribution >= 4 is 10.9 Å². The number of para-hydroxylation sites is 1. The van der Waals surface area contributed by atoms with Gasteiger partial charge in [0, 0.05) is 22.7 Å². The number of piperidine rings is 1. The van der Waals surface area contributed by atoms with Crippen LogP contribution in [0.2, 0.25) is 0 Å². The van der Waals surface area contributed by atoms with Gasteiger partial charge in [-0.15, -0.1) is 0 Å². The first-order valence-corrected chi connectivity index (χ1v) is 6.31. The van der Waals surface area contributed by atoms with E-state index in [0.717, 1.165) is 42.4 Å². The Kier molecular flexibility index (Phi) is 2.87. The minimum atomic E-state index is -0.340. The number of aromatic nitrogens is 1. The Bertz CT molecular complexity index is 500. The SMILES string of the molecule is OC(c1c[nH]c2ccccc12)C1CCNCC1. The number of aliphatic hydroxyl groups is 1. The number of nitrogens with one attached hydrogen (secondary N) is 2. The van der Waals surface area contributed by atoms with Gasteiger partial charge in [0.1, 0.15) is 0 Å². The molecular formula is C14H18N2O. The Hall–Kier alpha value is -1.32. The lowest BCUT2D eigenvalue weighted by Crippen LogP contribution is -2.30. The van der Waals surface area contributed by atoms with Gasteiger partial charge < -0.3 is 15.4 Å². The van der Waals surface area contributed by atoms with E-state index in [2.05, 4.69) is 16.4 Å². The molecule has 1 fully saturated rings.